The van der Waals surface area contributed by atoms with Gasteiger partial charge in [-0.15, -0.1) is 0 Å². The molecule has 3 rings (SSSR count). The quantitative estimate of drug-likeness (QED) is 0.506. The molecule has 1 aliphatic carbocycles. The van der Waals surface area contributed by atoms with Gasteiger partial charge in [0.05, 0.1) is 24.7 Å². The first-order valence-electron chi connectivity index (χ1n) is 9.54. The van der Waals surface area contributed by atoms with E-state index in [1.54, 1.807) is 7.11 Å². The zero-order valence-electron chi connectivity index (χ0n) is 16.3. The highest BCUT2D eigenvalue weighted by Crippen LogP contribution is 2.35. The summed E-state index contributed by atoms with van der Waals surface area (Å²) >= 11 is 0. The molecule has 1 aromatic rings. The van der Waals surface area contributed by atoms with E-state index in [1.165, 1.54) is 12.8 Å². The maximum Gasteiger partial charge on any atom is 0.211 e. The summed E-state index contributed by atoms with van der Waals surface area (Å²) in [4.78, 5) is 15.5. The summed E-state index contributed by atoms with van der Waals surface area (Å²) in [5.74, 6) is 1.57. The minimum absolute atomic E-state index is 0.183. The Hall–Kier alpha value is -2.31. The molecule has 0 saturated heterocycles. The summed E-state index contributed by atoms with van der Waals surface area (Å²) in [5.41, 5.74) is 0.571. The van der Waals surface area contributed by atoms with Crippen molar-refractivity contribution in [2.24, 2.45) is 4.99 Å². The van der Waals surface area contributed by atoms with Crippen LogP contribution in [-0.2, 0) is 4.74 Å². The number of hydrogen-bond donors (Lipinski definition) is 0. The summed E-state index contributed by atoms with van der Waals surface area (Å²) in [6, 6.07) is 5.58. The third kappa shape index (κ3) is 5.11. The standard InChI is InChI=1S/C20H28N2O5/c1-20(2)13-26-19(21-20)11-15(12-22(23)24)14-8-9-17(25-3)18(10-14)27-16-6-4-5-7-16/h8-10,15-16H,4-7,11-13H2,1-3H3. The second kappa shape index (κ2) is 8.15. The molecule has 2 aliphatic rings. The van der Waals surface area contributed by atoms with E-state index in [9.17, 15) is 10.1 Å². The summed E-state index contributed by atoms with van der Waals surface area (Å²) < 4.78 is 17.2. The third-order valence-corrected chi connectivity index (χ3v) is 5.06. The summed E-state index contributed by atoms with van der Waals surface area (Å²) in [5, 5.41) is 11.2. The molecule has 0 aromatic heterocycles. The number of aliphatic imine (C=N–C) groups is 1. The van der Waals surface area contributed by atoms with E-state index >= 15 is 0 Å². The fourth-order valence-electron chi connectivity index (χ4n) is 3.67. The third-order valence-electron chi connectivity index (χ3n) is 5.06. The van der Waals surface area contributed by atoms with Gasteiger partial charge in [-0.3, -0.25) is 10.1 Å². The molecule has 1 saturated carbocycles. The van der Waals surface area contributed by atoms with Gasteiger partial charge in [-0.2, -0.15) is 0 Å². The van der Waals surface area contributed by atoms with Crippen molar-refractivity contribution in [1.82, 2.24) is 0 Å². The van der Waals surface area contributed by atoms with Gasteiger partial charge >= 0.3 is 0 Å². The van der Waals surface area contributed by atoms with Gasteiger partial charge in [0.25, 0.3) is 0 Å². The first kappa shape index (κ1) is 19.5. The van der Waals surface area contributed by atoms with Crippen LogP contribution in [0.2, 0.25) is 0 Å². The van der Waals surface area contributed by atoms with E-state index in [-0.39, 0.29) is 29.0 Å². The number of methoxy groups -OCH3 is 1. The van der Waals surface area contributed by atoms with Crippen LogP contribution < -0.4 is 9.47 Å². The van der Waals surface area contributed by atoms with Crippen molar-refractivity contribution in [2.75, 3.05) is 20.3 Å². The molecule has 1 unspecified atom stereocenters. The van der Waals surface area contributed by atoms with Gasteiger partial charge in [0.15, 0.2) is 17.4 Å². The van der Waals surface area contributed by atoms with Gasteiger partial charge in [-0.1, -0.05) is 6.07 Å². The molecule has 0 spiro atoms. The highest BCUT2D eigenvalue weighted by molar-refractivity contribution is 5.79. The average Bonchev–Trinajstić information content (AvgIpc) is 3.23. The van der Waals surface area contributed by atoms with Gasteiger partial charge in [-0.05, 0) is 57.2 Å². The Balaban J connectivity index is 1.83. The van der Waals surface area contributed by atoms with Crippen LogP contribution in [0.15, 0.2) is 23.2 Å². The lowest BCUT2D eigenvalue weighted by Crippen LogP contribution is -2.18. The van der Waals surface area contributed by atoms with E-state index < -0.39 is 0 Å². The molecule has 0 amide bonds. The van der Waals surface area contributed by atoms with Crippen LogP contribution in [0.1, 0.15) is 57.4 Å². The highest BCUT2D eigenvalue weighted by Gasteiger charge is 2.30. The summed E-state index contributed by atoms with van der Waals surface area (Å²) in [6.45, 7) is 4.30. The average molecular weight is 376 g/mol. The van der Waals surface area contributed by atoms with Crippen molar-refractivity contribution in [2.45, 2.75) is 63.5 Å². The Labute approximate surface area is 159 Å². The minimum Gasteiger partial charge on any atom is -0.493 e. The molecule has 1 aromatic carbocycles. The number of rotatable bonds is 8. The van der Waals surface area contributed by atoms with Crippen molar-refractivity contribution >= 4 is 5.90 Å². The van der Waals surface area contributed by atoms with Crippen molar-refractivity contribution < 1.29 is 19.1 Å². The maximum absolute atomic E-state index is 11.2. The number of nitro groups is 1. The zero-order valence-corrected chi connectivity index (χ0v) is 16.3. The Morgan fingerprint density at radius 1 is 1.33 bits per heavy atom. The molecule has 7 nitrogen and oxygen atoms in total. The van der Waals surface area contributed by atoms with Gasteiger partial charge in [-0.25, -0.2) is 4.99 Å². The molecule has 7 heteroatoms. The number of ether oxygens (including phenoxy) is 3. The smallest absolute Gasteiger partial charge is 0.211 e. The van der Waals surface area contributed by atoms with Crippen molar-refractivity contribution in [3.05, 3.63) is 33.9 Å². The maximum atomic E-state index is 11.2. The molecule has 1 atom stereocenters. The molecule has 148 valence electrons. The van der Waals surface area contributed by atoms with Crippen LogP contribution in [0, 0.1) is 10.1 Å². The molecular weight excluding hydrogens is 348 g/mol. The SMILES string of the molecule is COc1ccc(C(CC2=NC(C)(C)CO2)C[N+](=O)[O-])cc1OC1CCCC1. The van der Waals surface area contributed by atoms with E-state index in [0.717, 1.165) is 18.4 Å². The van der Waals surface area contributed by atoms with Crippen LogP contribution in [0.4, 0.5) is 0 Å². The lowest BCUT2D eigenvalue weighted by molar-refractivity contribution is -0.483. The topological polar surface area (TPSA) is 83.2 Å². The number of nitrogens with zero attached hydrogens (tertiary/aromatic N) is 2. The monoisotopic (exact) mass is 376 g/mol. The Kier molecular flexibility index (Phi) is 5.87. The molecule has 27 heavy (non-hydrogen) atoms. The number of benzene rings is 1. The lowest BCUT2D eigenvalue weighted by atomic mass is 9.95. The van der Waals surface area contributed by atoms with Crippen LogP contribution in [0.3, 0.4) is 0 Å². The van der Waals surface area contributed by atoms with Gasteiger partial charge in [0.1, 0.15) is 6.61 Å². The second-order valence-electron chi connectivity index (χ2n) is 7.96. The second-order valence-corrected chi connectivity index (χ2v) is 7.96. The molecule has 1 aliphatic heterocycles. The molecule has 0 bridgehead atoms. The van der Waals surface area contributed by atoms with Crippen molar-refractivity contribution in [3.63, 3.8) is 0 Å². The molecule has 0 N–H and O–H groups in total. The molecule has 1 heterocycles. The Morgan fingerprint density at radius 2 is 2.07 bits per heavy atom. The fourth-order valence-corrected chi connectivity index (χ4v) is 3.67. The molecule has 0 radical (unpaired) electrons. The van der Waals surface area contributed by atoms with Gasteiger partial charge in [0, 0.05) is 11.3 Å². The van der Waals surface area contributed by atoms with E-state index in [0.29, 0.717) is 30.4 Å². The van der Waals surface area contributed by atoms with Crippen LogP contribution >= 0.6 is 0 Å². The summed E-state index contributed by atoms with van der Waals surface area (Å²) in [6.07, 6.45) is 5.00. The first-order valence-corrected chi connectivity index (χ1v) is 9.54. The molecule has 1 fully saturated rings. The van der Waals surface area contributed by atoms with Crippen molar-refractivity contribution in [3.8, 4) is 11.5 Å². The fraction of sp³-hybridized carbons (Fsp3) is 0.650. The van der Waals surface area contributed by atoms with E-state index in [4.69, 9.17) is 14.2 Å². The van der Waals surface area contributed by atoms with Crippen LogP contribution in [0.25, 0.3) is 0 Å². The zero-order chi connectivity index (χ0) is 19.4. The first-order chi connectivity index (χ1) is 12.9. The Bertz CT molecular complexity index is 710. The molecular formula is C20H28N2O5. The van der Waals surface area contributed by atoms with Gasteiger partial charge < -0.3 is 14.2 Å². The lowest BCUT2D eigenvalue weighted by Gasteiger charge is -2.19. The predicted molar refractivity (Wildman–Crippen MR) is 103 cm³/mol. The predicted octanol–water partition coefficient (Wildman–Crippen LogP) is 3.97. The minimum atomic E-state index is -0.329. The highest BCUT2D eigenvalue weighted by atomic mass is 16.6. The normalized spacial score (nSPS) is 20.0. The summed E-state index contributed by atoms with van der Waals surface area (Å²) in [7, 11) is 1.61. The van der Waals surface area contributed by atoms with E-state index in [1.807, 2.05) is 32.0 Å². The van der Waals surface area contributed by atoms with Crippen molar-refractivity contribution in [1.29, 1.82) is 0 Å². The van der Waals surface area contributed by atoms with Crippen LogP contribution in [-0.4, -0.2) is 42.7 Å². The van der Waals surface area contributed by atoms with Crippen LogP contribution in [0.5, 0.6) is 11.5 Å². The van der Waals surface area contributed by atoms with E-state index in [2.05, 4.69) is 4.99 Å². The van der Waals surface area contributed by atoms with Gasteiger partial charge in [0.2, 0.25) is 6.54 Å². The Morgan fingerprint density at radius 3 is 2.67 bits per heavy atom. The number of hydrogen-bond acceptors (Lipinski definition) is 6. The largest absolute Gasteiger partial charge is 0.493 e.